The monoisotopic (exact) mass is 632 g/mol. The molecule has 2 N–H and O–H groups in total. The molecule has 46 heavy (non-hydrogen) atoms. The SMILES string of the molecule is CC.CC(C)c1cc(N(C=O)CC(=O)N(C)C)c2nc([C@@H](C)Nc3cc(NC=O)ncn3)cn2c1.CC1CC1.Cc1ccncn1. The molecule has 4 heterocycles. The van der Waals surface area contributed by atoms with E-state index in [4.69, 9.17) is 4.98 Å². The van der Waals surface area contributed by atoms with Crippen LogP contribution in [0, 0.1) is 12.8 Å². The number of hydrogen-bond acceptors (Lipinski definition) is 9. The Balaban J connectivity index is 0.000000468. The first-order valence-electron chi connectivity index (χ1n) is 15.5. The second kappa shape index (κ2) is 18.8. The number of aromatic nitrogens is 6. The Hall–Kier alpha value is -4.94. The van der Waals surface area contributed by atoms with Gasteiger partial charge in [0.2, 0.25) is 18.7 Å². The van der Waals surface area contributed by atoms with E-state index in [1.165, 1.54) is 35.3 Å². The molecule has 3 amide bonds. The normalized spacial score (nSPS) is 12.2. The number of nitrogens with zero attached hydrogens (tertiary/aromatic N) is 8. The van der Waals surface area contributed by atoms with Gasteiger partial charge in [0.1, 0.15) is 30.8 Å². The number of likely N-dealkylation sites (N-methyl/N-ethyl adjacent to an activating group) is 1. The first-order chi connectivity index (χ1) is 22.0. The van der Waals surface area contributed by atoms with Crippen LogP contribution in [0.3, 0.4) is 0 Å². The second-order valence-corrected chi connectivity index (χ2v) is 11.2. The van der Waals surface area contributed by atoms with Gasteiger partial charge in [-0.05, 0) is 43.4 Å². The van der Waals surface area contributed by atoms with E-state index in [2.05, 4.69) is 51.3 Å². The summed E-state index contributed by atoms with van der Waals surface area (Å²) in [4.78, 5) is 58.2. The van der Waals surface area contributed by atoms with Crippen molar-refractivity contribution < 1.29 is 14.4 Å². The summed E-state index contributed by atoms with van der Waals surface area (Å²) in [5.41, 5.74) is 3.85. The number of carbonyl (C=O) groups excluding carboxylic acids is 3. The van der Waals surface area contributed by atoms with Crippen LogP contribution < -0.4 is 15.5 Å². The van der Waals surface area contributed by atoms with Crippen LogP contribution in [0.2, 0.25) is 0 Å². The van der Waals surface area contributed by atoms with Crippen molar-refractivity contribution in [3.8, 4) is 0 Å². The number of imidazole rings is 1. The lowest BCUT2D eigenvalue weighted by Gasteiger charge is -2.21. The maximum absolute atomic E-state index is 12.3. The van der Waals surface area contributed by atoms with E-state index in [1.807, 2.05) is 56.6 Å². The highest BCUT2D eigenvalue weighted by Gasteiger charge is 2.20. The Morgan fingerprint density at radius 3 is 2.22 bits per heavy atom. The van der Waals surface area contributed by atoms with Crippen LogP contribution in [-0.4, -0.2) is 73.6 Å². The van der Waals surface area contributed by atoms with Gasteiger partial charge >= 0.3 is 0 Å². The van der Waals surface area contributed by atoms with Crippen molar-refractivity contribution >= 4 is 41.7 Å². The van der Waals surface area contributed by atoms with Gasteiger partial charge in [0.25, 0.3) is 0 Å². The van der Waals surface area contributed by atoms with Gasteiger partial charge < -0.3 is 24.8 Å². The first-order valence-corrected chi connectivity index (χ1v) is 15.5. The van der Waals surface area contributed by atoms with Crippen LogP contribution >= 0.6 is 0 Å². The predicted molar refractivity (Wildman–Crippen MR) is 182 cm³/mol. The maximum atomic E-state index is 12.3. The van der Waals surface area contributed by atoms with Gasteiger partial charge in [-0.3, -0.25) is 14.4 Å². The summed E-state index contributed by atoms with van der Waals surface area (Å²) in [6.07, 6.45) is 12.6. The van der Waals surface area contributed by atoms with Crippen molar-refractivity contribution in [1.82, 2.24) is 34.2 Å². The molecule has 1 saturated carbocycles. The maximum Gasteiger partial charge on any atom is 0.242 e. The third kappa shape index (κ3) is 11.9. The minimum Gasteiger partial charge on any atom is -0.362 e. The Morgan fingerprint density at radius 2 is 1.72 bits per heavy atom. The van der Waals surface area contributed by atoms with Crippen molar-refractivity contribution in [2.75, 3.05) is 36.2 Å². The number of carbonyl (C=O) groups is 3. The highest BCUT2D eigenvalue weighted by molar-refractivity contribution is 5.92. The summed E-state index contributed by atoms with van der Waals surface area (Å²) in [5, 5.41) is 5.73. The van der Waals surface area contributed by atoms with Crippen LogP contribution in [0.5, 0.6) is 0 Å². The zero-order valence-corrected chi connectivity index (χ0v) is 28.4. The lowest BCUT2D eigenvalue weighted by molar-refractivity contribution is -0.128. The molecule has 0 radical (unpaired) electrons. The topological polar surface area (TPSA) is 151 Å². The minimum atomic E-state index is -0.243. The van der Waals surface area contributed by atoms with E-state index in [0.717, 1.165) is 17.2 Å². The van der Waals surface area contributed by atoms with Crippen LogP contribution in [0.25, 0.3) is 5.65 Å². The molecule has 0 spiro atoms. The lowest BCUT2D eigenvalue weighted by atomic mass is 10.1. The van der Waals surface area contributed by atoms with Gasteiger partial charge in [0.05, 0.1) is 17.4 Å². The van der Waals surface area contributed by atoms with E-state index < -0.39 is 0 Å². The fourth-order valence-electron chi connectivity index (χ4n) is 3.72. The van der Waals surface area contributed by atoms with Gasteiger partial charge in [0, 0.05) is 44.4 Å². The number of hydrogen-bond donors (Lipinski definition) is 2. The number of fused-ring (bicyclic) bond motifs is 1. The molecular weight excluding hydrogens is 584 g/mol. The minimum absolute atomic E-state index is 0.0862. The Morgan fingerprint density at radius 1 is 1.04 bits per heavy atom. The van der Waals surface area contributed by atoms with Gasteiger partial charge in [-0.2, -0.15) is 0 Å². The predicted octanol–water partition coefficient (Wildman–Crippen LogP) is 5.27. The second-order valence-electron chi connectivity index (χ2n) is 11.2. The number of rotatable bonds is 10. The molecule has 248 valence electrons. The number of aryl methyl sites for hydroxylation is 1. The van der Waals surface area contributed by atoms with Gasteiger partial charge in [-0.25, -0.2) is 24.9 Å². The van der Waals surface area contributed by atoms with Crippen LogP contribution in [0.15, 0.2) is 49.4 Å². The number of nitrogens with one attached hydrogen (secondary N) is 2. The first kappa shape index (κ1) is 37.2. The summed E-state index contributed by atoms with van der Waals surface area (Å²) in [7, 11) is 3.30. The lowest BCUT2D eigenvalue weighted by Crippen LogP contribution is -2.36. The van der Waals surface area contributed by atoms with Crippen molar-refractivity contribution in [3.05, 3.63) is 66.4 Å². The Bertz CT molecular complexity index is 1520. The highest BCUT2D eigenvalue weighted by atomic mass is 16.2. The van der Waals surface area contributed by atoms with Crippen molar-refractivity contribution in [3.63, 3.8) is 0 Å². The average molecular weight is 633 g/mol. The van der Waals surface area contributed by atoms with Crippen molar-refractivity contribution in [2.45, 2.75) is 73.3 Å². The number of amides is 3. The van der Waals surface area contributed by atoms with Gasteiger partial charge in [-0.1, -0.05) is 47.5 Å². The third-order valence-corrected chi connectivity index (χ3v) is 6.76. The van der Waals surface area contributed by atoms with Crippen LogP contribution in [0.4, 0.5) is 17.3 Å². The standard InChI is InChI=1S/C22H28N8O3.C5H6N2.C4H8.C2H6/c1-14(2)16-6-18(30(13-32)10-21(33)28(4)5)22-27-17(9-29(22)8-16)15(3)26-20-7-19(25-12-31)23-11-24-20;1-5-2-3-6-4-7-5;1-4-2-3-4;1-2/h6-9,11-15H,10H2,1-5H3,(H2,23,24,25,26,31);2-4H,1H3;4H,2-3H2,1H3;1-2H3/t15-;;;/m1.../s1. The molecule has 5 rings (SSSR count). The van der Waals surface area contributed by atoms with Gasteiger partial charge in [-0.15, -0.1) is 0 Å². The molecule has 0 bridgehead atoms. The third-order valence-electron chi connectivity index (χ3n) is 6.76. The summed E-state index contributed by atoms with van der Waals surface area (Å²) in [6.45, 7) is 14.2. The summed E-state index contributed by atoms with van der Waals surface area (Å²) >= 11 is 0. The van der Waals surface area contributed by atoms with Crippen LogP contribution in [-0.2, 0) is 14.4 Å². The molecule has 13 nitrogen and oxygen atoms in total. The van der Waals surface area contributed by atoms with Crippen LogP contribution in [0.1, 0.15) is 83.3 Å². The van der Waals surface area contributed by atoms with Crippen molar-refractivity contribution in [2.24, 2.45) is 5.92 Å². The molecule has 1 fully saturated rings. The van der Waals surface area contributed by atoms with E-state index >= 15 is 0 Å². The molecular formula is C33H48N10O3. The van der Waals surface area contributed by atoms with E-state index in [9.17, 15) is 14.4 Å². The fourth-order valence-corrected chi connectivity index (χ4v) is 3.72. The summed E-state index contributed by atoms with van der Waals surface area (Å²) < 4.78 is 1.87. The highest BCUT2D eigenvalue weighted by Crippen LogP contribution is 2.29. The summed E-state index contributed by atoms with van der Waals surface area (Å²) in [6, 6.07) is 5.13. The Kier molecular flexibility index (Phi) is 15.2. The molecule has 13 heteroatoms. The van der Waals surface area contributed by atoms with E-state index in [1.54, 1.807) is 26.4 Å². The smallest absolute Gasteiger partial charge is 0.242 e. The zero-order valence-electron chi connectivity index (χ0n) is 28.4. The molecule has 0 aliphatic heterocycles. The molecule has 4 aromatic heterocycles. The van der Waals surface area contributed by atoms with E-state index in [-0.39, 0.29) is 24.4 Å². The average Bonchev–Trinajstić information content (AvgIpc) is 3.70. The van der Waals surface area contributed by atoms with Crippen molar-refractivity contribution in [1.29, 1.82) is 0 Å². The molecule has 1 aliphatic rings. The molecule has 0 unspecified atom stereocenters. The van der Waals surface area contributed by atoms with E-state index in [0.29, 0.717) is 41.5 Å². The number of pyridine rings is 1. The molecule has 4 aromatic rings. The zero-order chi connectivity index (χ0) is 34.2. The summed E-state index contributed by atoms with van der Waals surface area (Å²) in [5.74, 6) is 1.99. The fraction of sp³-hybridized carbons (Fsp3) is 0.455. The quantitative estimate of drug-likeness (QED) is 0.223. The van der Waals surface area contributed by atoms with Gasteiger partial charge in [0.15, 0.2) is 5.65 Å². The molecule has 1 atom stereocenters. The molecule has 0 saturated heterocycles. The molecule has 0 aromatic carbocycles. The largest absolute Gasteiger partial charge is 0.362 e. The Labute approximate surface area is 271 Å². The molecule has 1 aliphatic carbocycles. The number of anilines is 3.